The Morgan fingerprint density at radius 1 is 1.17 bits per heavy atom. The van der Waals surface area contributed by atoms with Crippen molar-refractivity contribution in [1.82, 2.24) is 4.98 Å². The summed E-state index contributed by atoms with van der Waals surface area (Å²) in [6.45, 7) is 1.60. The minimum atomic E-state index is -3.25. The van der Waals surface area contributed by atoms with Crippen LogP contribution >= 0.6 is 11.3 Å². The van der Waals surface area contributed by atoms with Gasteiger partial charge in [-0.1, -0.05) is 43.2 Å². The average molecular weight is 433 g/mol. The molecule has 4 rings (SSSR count). The van der Waals surface area contributed by atoms with E-state index in [4.69, 9.17) is 0 Å². The molecule has 1 fully saturated rings. The molecule has 1 N–H and O–H groups in total. The topological polar surface area (TPSA) is 93.2 Å². The maximum atomic E-state index is 12.6. The van der Waals surface area contributed by atoms with E-state index in [-0.39, 0.29) is 34.2 Å². The van der Waals surface area contributed by atoms with Crippen LogP contribution in [-0.4, -0.2) is 30.8 Å². The fourth-order valence-electron chi connectivity index (χ4n) is 4.39. The van der Waals surface area contributed by atoms with Gasteiger partial charge < -0.3 is 5.32 Å². The lowest BCUT2D eigenvalue weighted by Gasteiger charge is -2.31. The molecule has 1 spiro atoms. The number of sulfone groups is 1. The van der Waals surface area contributed by atoms with Gasteiger partial charge in [-0.2, -0.15) is 0 Å². The Bertz CT molecular complexity index is 1050. The van der Waals surface area contributed by atoms with E-state index in [0.29, 0.717) is 16.4 Å². The van der Waals surface area contributed by atoms with Gasteiger partial charge >= 0.3 is 0 Å². The van der Waals surface area contributed by atoms with Crippen LogP contribution < -0.4 is 5.32 Å². The van der Waals surface area contributed by atoms with Crippen LogP contribution in [0.25, 0.3) is 0 Å². The first-order valence-corrected chi connectivity index (χ1v) is 12.4. The number of fused-ring (bicyclic) bond motifs is 1. The molecule has 0 bridgehead atoms. The molecule has 2 aliphatic rings. The minimum Gasteiger partial charge on any atom is -0.302 e. The molecule has 8 heteroatoms. The molecular formula is C21H24N2O4S2. The van der Waals surface area contributed by atoms with Gasteiger partial charge in [-0.25, -0.2) is 13.4 Å². The van der Waals surface area contributed by atoms with Crippen LogP contribution in [0.1, 0.15) is 60.0 Å². The van der Waals surface area contributed by atoms with Gasteiger partial charge in [0, 0.05) is 6.42 Å². The Morgan fingerprint density at radius 3 is 2.52 bits per heavy atom. The second-order valence-corrected chi connectivity index (χ2v) is 11.3. The number of carbonyl (C=O) groups is 2. The summed E-state index contributed by atoms with van der Waals surface area (Å²) in [6, 6.07) is 6.37. The number of anilines is 1. The average Bonchev–Trinajstić information content (AvgIpc) is 3.29. The van der Waals surface area contributed by atoms with Gasteiger partial charge in [-0.05, 0) is 42.4 Å². The summed E-state index contributed by atoms with van der Waals surface area (Å²) in [7, 11) is -3.25. The van der Waals surface area contributed by atoms with E-state index >= 15 is 0 Å². The van der Waals surface area contributed by atoms with E-state index < -0.39 is 9.84 Å². The fourth-order valence-corrected chi connectivity index (χ4v) is 6.21. The van der Waals surface area contributed by atoms with Crippen LogP contribution in [0.15, 0.2) is 29.2 Å². The molecule has 1 saturated carbocycles. The molecule has 0 atom stereocenters. The second kappa shape index (κ2) is 7.65. The maximum Gasteiger partial charge on any atom is 0.230 e. The van der Waals surface area contributed by atoms with Crippen molar-refractivity contribution < 1.29 is 18.0 Å². The van der Waals surface area contributed by atoms with E-state index in [9.17, 15) is 18.0 Å². The van der Waals surface area contributed by atoms with Crippen LogP contribution in [-0.2, 0) is 27.5 Å². The molecular weight excluding hydrogens is 408 g/mol. The lowest BCUT2D eigenvalue weighted by atomic mass is 9.73. The Kier molecular flexibility index (Phi) is 5.33. The molecule has 1 aromatic heterocycles. The van der Waals surface area contributed by atoms with Crippen LogP contribution in [0, 0.1) is 5.41 Å². The van der Waals surface area contributed by atoms with E-state index in [2.05, 4.69) is 10.3 Å². The van der Waals surface area contributed by atoms with Crippen LogP contribution in [0.5, 0.6) is 0 Å². The second-order valence-electron chi connectivity index (χ2n) is 8.05. The molecule has 6 nitrogen and oxygen atoms in total. The number of thiazole rings is 1. The number of Topliss-reactive ketones (excluding diaryl/α,β-unsaturated/α-hetero) is 1. The third-order valence-corrected chi connectivity index (χ3v) is 8.77. The fraction of sp³-hybridized carbons (Fsp3) is 0.476. The van der Waals surface area contributed by atoms with Gasteiger partial charge in [-0.15, -0.1) is 0 Å². The van der Waals surface area contributed by atoms with E-state index in [1.807, 2.05) is 0 Å². The van der Waals surface area contributed by atoms with Crippen molar-refractivity contribution in [2.75, 3.05) is 11.1 Å². The molecule has 154 valence electrons. The van der Waals surface area contributed by atoms with Crippen molar-refractivity contribution >= 4 is 38.0 Å². The first-order valence-electron chi connectivity index (χ1n) is 9.95. The van der Waals surface area contributed by atoms with Gasteiger partial charge in [0.05, 0.1) is 27.6 Å². The molecule has 1 heterocycles. The number of nitrogens with one attached hydrogen (secondary N) is 1. The van der Waals surface area contributed by atoms with Gasteiger partial charge in [0.15, 0.2) is 20.8 Å². The van der Waals surface area contributed by atoms with Crippen LogP contribution in [0.4, 0.5) is 5.13 Å². The normalized spacial score (nSPS) is 18.0. The summed E-state index contributed by atoms with van der Waals surface area (Å²) in [4.78, 5) is 30.5. The number of rotatable bonds is 5. The molecule has 2 aliphatic carbocycles. The van der Waals surface area contributed by atoms with E-state index in [1.165, 1.54) is 36.3 Å². The zero-order valence-corrected chi connectivity index (χ0v) is 18.0. The summed E-state index contributed by atoms with van der Waals surface area (Å²) in [5.74, 6) is -0.0363. The Hall–Kier alpha value is -2.06. The van der Waals surface area contributed by atoms with Gasteiger partial charge in [0.25, 0.3) is 0 Å². The highest BCUT2D eigenvalue weighted by atomic mass is 32.2. The number of carbonyl (C=O) groups excluding carboxylic acids is 2. The van der Waals surface area contributed by atoms with Crippen molar-refractivity contribution in [1.29, 1.82) is 0 Å². The smallest absolute Gasteiger partial charge is 0.230 e. The summed E-state index contributed by atoms with van der Waals surface area (Å²) in [6.07, 6.45) is 6.07. The molecule has 29 heavy (non-hydrogen) atoms. The third kappa shape index (κ3) is 4.14. The quantitative estimate of drug-likeness (QED) is 0.775. The van der Waals surface area contributed by atoms with Crippen LogP contribution in [0.2, 0.25) is 0 Å². The molecule has 0 saturated heterocycles. The Balaban J connectivity index is 1.43. The van der Waals surface area contributed by atoms with Gasteiger partial charge in [0.1, 0.15) is 0 Å². The Morgan fingerprint density at radius 2 is 1.86 bits per heavy atom. The highest BCUT2D eigenvalue weighted by Gasteiger charge is 2.42. The summed E-state index contributed by atoms with van der Waals surface area (Å²) in [5, 5.41) is 3.27. The number of hydrogen-bond acceptors (Lipinski definition) is 6. The number of benzene rings is 1. The largest absolute Gasteiger partial charge is 0.302 e. The predicted molar refractivity (Wildman–Crippen MR) is 112 cm³/mol. The summed E-state index contributed by atoms with van der Waals surface area (Å²) in [5.41, 5.74) is 1.64. The van der Waals surface area contributed by atoms with E-state index in [1.54, 1.807) is 19.1 Å². The van der Waals surface area contributed by atoms with Crippen molar-refractivity contribution in [3.63, 3.8) is 0 Å². The molecule has 1 aromatic carbocycles. The number of nitrogens with zero attached hydrogens (tertiary/aromatic N) is 1. The number of amides is 1. The summed E-state index contributed by atoms with van der Waals surface area (Å²) < 4.78 is 23.8. The number of aromatic nitrogens is 1. The zero-order valence-electron chi connectivity index (χ0n) is 16.4. The van der Waals surface area contributed by atoms with Crippen molar-refractivity contribution in [2.45, 2.75) is 56.8 Å². The molecule has 0 unspecified atom stereocenters. The monoisotopic (exact) mass is 432 g/mol. The lowest BCUT2D eigenvalue weighted by molar-refractivity contribution is -0.115. The first-order chi connectivity index (χ1) is 13.8. The summed E-state index contributed by atoms with van der Waals surface area (Å²) >= 11 is 1.26. The number of ketones is 1. The SMILES string of the molecule is CCS(=O)(=O)c1ccc(CC(=O)Nc2nc3c(s2)C(=O)CC2(CCCC2)C3)cc1. The van der Waals surface area contributed by atoms with Gasteiger partial charge in [-0.3, -0.25) is 9.59 Å². The lowest BCUT2D eigenvalue weighted by Crippen LogP contribution is -2.29. The predicted octanol–water partition coefficient (Wildman–Crippen LogP) is 3.81. The minimum absolute atomic E-state index is 0.0432. The van der Waals surface area contributed by atoms with E-state index in [0.717, 1.165) is 30.5 Å². The maximum absolute atomic E-state index is 12.6. The van der Waals surface area contributed by atoms with Crippen molar-refractivity contribution in [3.05, 3.63) is 40.4 Å². The van der Waals surface area contributed by atoms with Crippen molar-refractivity contribution in [3.8, 4) is 0 Å². The molecule has 1 amide bonds. The molecule has 0 aliphatic heterocycles. The zero-order chi connectivity index (χ0) is 20.6. The molecule has 2 aromatic rings. The highest BCUT2D eigenvalue weighted by molar-refractivity contribution is 7.91. The highest BCUT2D eigenvalue weighted by Crippen LogP contribution is 2.48. The number of hydrogen-bond donors (Lipinski definition) is 1. The Labute approximate surface area is 174 Å². The third-order valence-electron chi connectivity index (χ3n) is 5.97. The standard InChI is InChI=1S/C21H24N2O4S2/c1-2-29(26,27)15-7-5-14(6-8-15)11-18(25)23-20-22-16-12-21(9-3-4-10-21)13-17(24)19(16)28-20/h5-8H,2-4,9-13H2,1H3,(H,22,23,25). The first kappa shape index (κ1) is 20.2. The van der Waals surface area contributed by atoms with Gasteiger partial charge in [0.2, 0.25) is 5.91 Å². The molecule has 0 radical (unpaired) electrons. The van der Waals surface area contributed by atoms with Crippen molar-refractivity contribution in [2.24, 2.45) is 5.41 Å². The van der Waals surface area contributed by atoms with Crippen LogP contribution in [0.3, 0.4) is 0 Å².